The van der Waals surface area contributed by atoms with Gasteiger partial charge in [-0.2, -0.15) is 9.29 Å². The summed E-state index contributed by atoms with van der Waals surface area (Å²) in [5.74, 6) is 0.807. The second-order valence-electron chi connectivity index (χ2n) is 7.36. The van der Waals surface area contributed by atoms with Crippen LogP contribution in [0.15, 0.2) is 6.07 Å². The Morgan fingerprint density at radius 2 is 2.07 bits per heavy atom. The Bertz CT molecular complexity index is 961. The highest BCUT2D eigenvalue weighted by atomic mass is 35.5. The summed E-state index contributed by atoms with van der Waals surface area (Å²) >= 11 is 7.71. The Hall–Kier alpha value is -1.04. The fourth-order valence-electron chi connectivity index (χ4n) is 3.82. The zero-order valence-corrected chi connectivity index (χ0v) is 18.4. The van der Waals surface area contributed by atoms with Gasteiger partial charge >= 0.3 is 0 Å². The van der Waals surface area contributed by atoms with E-state index in [0.717, 1.165) is 53.5 Å². The van der Waals surface area contributed by atoms with Gasteiger partial charge in [-0.3, -0.25) is 0 Å². The van der Waals surface area contributed by atoms with Crippen molar-refractivity contribution >= 4 is 49.0 Å². The molecule has 1 atom stereocenters. The number of hydrogen-bond acceptors (Lipinski definition) is 8. The van der Waals surface area contributed by atoms with E-state index in [0.29, 0.717) is 19.8 Å². The predicted octanol–water partition coefficient (Wildman–Crippen LogP) is 1.65. The molecule has 0 bridgehead atoms. The molecule has 2 aromatic rings. The number of morpholine rings is 1. The molecule has 0 aliphatic carbocycles. The first-order chi connectivity index (χ1) is 13.3. The molecule has 2 aliphatic heterocycles. The molecular formula is C17H24ClN5O3S2. The van der Waals surface area contributed by atoms with Gasteiger partial charge in [0.25, 0.3) is 0 Å². The van der Waals surface area contributed by atoms with Crippen molar-refractivity contribution < 1.29 is 13.2 Å². The number of likely N-dealkylation sites (tertiary alicyclic amines) is 1. The molecule has 0 spiro atoms. The molecule has 0 saturated carbocycles. The van der Waals surface area contributed by atoms with Crippen LogP contribution in [-0.4, -0.2) is 86.3 Å². The fraction of sp³-hybridized carbons (Fsp3) is 0.647. The van der Waals surface area contributed by atoms with E-state index in [9.17, 15) is 8.42 Å². The molecule has 0 amide bonds. The van der Waals surface area contributed by atoms with Crippen molar-refractivity contribution in [3.8, 4) is 0 Å². The number of nitrogens with zero attached hydrogens (tertiary/aromatic N) is 5. The lowest BCUT2D eigenvalue weighted by Gasteiger charge is -2.28. The topological polar surface area (TPSA) is 78.9 Å². The van der Waals surface area contributed by atoms with Gasteiger partial charge in [-0.15, -0.1) is 11.3 Å². The number of fused-ring (bicyclic) bond motifs is 1. The zero-order chi connectivity index (χ0) is 19.9. The van der Waals surface area contributed by atoms with Crippen molar-refractivity contribution in [2.45, 2.75) is 19.0 Å². The first-order valence-electron chi connectivity index (χ1n) is 9.25. The number of rotatable bonds is 5. The van der Waals surface area contributed by atoms with Crippen LogP contribution in [0.4, 0.5) is 5.82 Å². The summed E-state index contributed by atoms with van der Waals surface area (Å²) in [6, 6.07) is 1.94. The number of halogens is 1. The predicted molar refractivity (Wildman–Crippen MR) is 112 cm³/mol. The largest absolute Gasteiger partial charge is 0.378 e. The molecule has 11 heteroatoms. The molecule has 1 unspecified atom stereocenters. The van der Waals surface area contributed by atoms with Gasteiger partial charge in [0.1, 0.15) is 0 Å². The van der Waals surface area contributed by atoms with E-state index in [-0.39, 0.29) is 11.3 Å². The van der Waals surface area contributed by atoms with Crippen molar-refractivity contribution in [3.63, 3.8) is 0 Å². The number of hydrogen-bond donors (Lipinski definition) is 0. The van der Waals surface area contributed by atoms with Crippen LogP contribution in [-0.2, 0) is 21.3 Å². The van der Waals surface area contributed by atoms with Crippen molar-refractivity contribution in [1.82, 2.24) is 19.2 Å². The highest BCUT2D eigenvalue weighted by Crippen LogP contribution is 2.34. The Morgan fingerprint density at radius 3 is 2.71 bits per heavy atom. The van der Waals surface area contributed by atoms with E-state index < -0.39 is 10.0 Å². The number of ether oxygens (including phenoxy) is 1. The molecule has 4 heterocycles. The lowest BCUT2D eigenvalue weighted by Crippen LogP contribution is -2.40. The molecule has 8 nitrogen and oxygen atoms in total. The number of thiophene rings is 1. The molecule has 0 radical (unpaired) electrons. The molecule has 2 fully saturated rings. The van der Waals surface area contributed by atoms with Crippen LogP contribution in [0.3, 0.4) is 0 Å². The number of likely N-dealkylation sites (N-methyl/N-ethyl adjacent to an activating group) is 1. The smallest absolute Gasteiger partial charge is 0.224 e. The number of anilines is 1. The van der Waals surface area contributed by atoms with Crippen LogP contribution in [0.1, 0.15) is 11.3 Å². The summed E-state index contributed by atoms with van der Waals surface area (Å²) in [5, 5.41) is 0.204. The Balaban J connectivity index is 1.67. The lowest BCUT2D eigenvalue weighted by molar-refractivity contribution is 0.122. The third kappa shape index (κ3) is 4.27. The fourth-order valence-corrected chi connectivity index (χ4v) is 6.27. The molecule has 4 rings (SSSR count). The second kappa shape index (κ2) is 8.00. The summed E-state index contributed by atoms with van der Waals surface area (Å²) in [5.41, 5.74) is 0.762. The van der Waals surface area contributed by atoms with Gasteiger partial charge in [0.05, 0.1) is 29.7 Å². The maximum Gasteiger partial charge on any atom is 0.224 e. The number of aromatic nitrogens is 2. The lowest BCUT2D eigenvalue weighted by atomic mass is 10.2. The normalized spacial score (nSPS) is 21.9. The van der Waals surface area contributed by atoms with Crippen LogP contribution < -0.4 is 4.90 Å². The summed E-state index contributed by atoms with van der Waals surface area (Å²) in [4.78, 5) is 14.1. The van der Waals surface area contributed by atoms with Crippen LogP contribution in [0.2, 0.25) is 5.28 Å². The Kier molecular flexibility index (Phi) is 5.78. The van der Waals surface area contributed by atoms with Gasteiger partial charge in [-0.1, -0.05) is 0 Å². The number of sulfonamides is 1. The second-order valence-corrected chi connectivity index (χ2v) is 10.8. The average molecular weight is 446 g/mol. The summed E-state index contributed by atoms with van der Waals surface area (Å²) < 4.78 is 32.9. The van der Waals surface area contributed by atoms with E-state index in [2.05, 4.69) is 19.8 Å². The van der Waals surface area contributed by atoms with E-state index in [1.165, 1.54) is 6.26 Å². The molecular weight excluding hydrogens is 422 g/mol. The van der Waals surface area contributed by atoms with Gasteiger partial charge in [0.15, 0.2) is 5.82 Å². The van der Waals surface area contributed by atoms with E-state index in [4.69, 9.17) is 16.3 Å². The summed E-state index contributed by atoms with van der Waals surface area (Å²) in [7, 11) is -1.30. The molecule has 154 valence electrons. The van der Waals surface area contributed by atoms with Gasteiger partial charge in [0, 0.05) is 37.1 Å². The molecule has 0 aromatic carbocycles. The molecule has 0 N–H and O–H groups in total. The van der Waals surface area contributed by atoms with E-state index in [1.807, 2.05) is 13.1 Å². The van der Waals surface area contributed by atoms with Gasteiger partial charge in [0.2, 0.25) is 15.3 Å². The van der Waals surface area contributed by atoms with Crippen molar-refractivity contribution in [1.29, 1.82) is 0 Å². The van der Waals surface area contributed by atoms with Crippen molar-refractivity contribution in [2.24, 2.45) is 0 Å². The van der Waals surface area contributed by atoms with Crippen LogP contribution in [0, 0.1) is 0 Å². The van der Waals surface area contributed by atoms with Crippen LogP contribution >= 0.6 is 22.9 Å². The third-order valence-electron chi connectivity index (χ3n) is 5.20. The van der Waals surface area contributed by atoms with E-state index in [1.54, 1.807) is 15.6 Å². The standard InChI is InChI=1S/C17H24ClN5O3S2/c1-21-4-3-12(10-21)23(28(2,24)25)11-13-9-14-15(27-13)16(20-17(18)19-14)22-5-7-26-8-6-22/h9,12H,3-8,10-11H2,1-2H3. The van der Waals surface area contributed by atoms with E-state index >= 15 is 0 Å². The quantitative estimate of drug-likeness (QED) is 0.647. The highest BCUT2D eigenvalue weighted by Gasteiger charge is 2.32. The highest BCUT2D eigenvalue weighted by molar-refractivity contribution is 7.88. The first-order valence-corrected chi connectivity index (χ1v) is 12.3. The average Bonchev–Trinajstić information content (AvgIpc) is 3.24. The minimum Gasteiger partial charge on any atom is -0.378 e. The zero-order valence-electron chi connectivity index (χ0n) is 16.0. The Labute approximate surface area is 174 Å². The Morgan fingerprint density at radius 1 is 1.32 bits per heavy atom. The monoisotopic (exact) mass is 445 g/mol. The maximum atomic E-state index is 12.5. The summed E-state index contributed by atoms with van der Waals surface area (Å²) in [6.07, 6.45) is 2.13. The first kappa shape index (κ1) is 20.2. The third-order valence-corrected chi connectivity index (χ3v) is 7.75. The molecule has 28 heavy (non-hydrogen) atoms. The minimum absolute atomic E-state index is 0.00130. The molecule has 2 aliphatic rings. The van der Waals surface area contributed by atoms with Gasteiger partial charge in [-0.25, -0.2) is 13.4 Å². The summed E-state index contributed by atoms with van der Waals surface area (Å²) in [6.45, 7) is 4.81. The molecule has 2 saturated heterocycles. The van der Waals surface area contributed by atoms with Crippen LogP contribution in [0.5, 0.6) is 0 Å². The SMILES string of the molecule is CN1CCC(N(Cc2cc3nc(Cl)nc(N4CCOCC4)c3s2)S(C)(=O)=O)C1. The van der Waals surface area contributed by atoms with Gasteiger partial charge in [-0.05, 0) is 37.7 Å². The van der Waals surface area contributed by atoms with Crippen LogP contribution in [0.25, 0.3) is 10.2 Å². The maximum absolute atomic E-state index is 12.5. The van der Waals surface area contributed by atoms with Crippen molar-refractivity contribution in [3.05, 3.63) is 16.2 Å². The minimum atomic E-state index is -3.32. The van der Waals surface area contributed by atoms with Gasteiger partial charge < -0.3 is 14.5 Å². The molecule has 2 aromatic heterocycles. The van der Waals surface area contributed by atoms with Crippen molar-refractivity contribution in [2.75, 3.05) is 57.6 Å².